The van der Waals surface area contributed by atoms with E-state index in [1.54, 1.807) is 24.5 Å². The zero-order valence-electron chi connectivity index (χ0n) is 9.82. The Labute approximate surface area is 124 Å². The first kappa shape index (κ1) is 13.5. The number of anilines is 1. The fourth-order valence-corrected chi connectivity index (χ4v) is 2.06. The number of pyridine rings is 1. The van der Waals surface area contributed by atoms with E-state index in [9.17, 15) is 0 Å². The smallest absolute Gasteiger partial charge is 0.181 e. The SMILES string of the molecule is CCCNc1nc(-c2ncccc2Cl)ncc1I. The summed E-state index contributed by atoms with van der Waals surface area (Å²) in [6.45, 7) is 2.99. The fraction of sp³-hybridized carbons (Fsp3) is 0.250. The van der Waals surface area contributed by atoms with E-state index in [0.29, 0.717) is 16.5 Å². The lowest BCUT2D eigenvalue weighted by molar-refractivity contribution is 0.962. The van der Waals surface area contributed by atoms with Crippen molar-refractivity contribution in [2.24, 2.45) is 0 Å². The molecule has 0 saturated heterocycles. The van der Waals surface area contributed by atoms with Crippen LogP contribution in [-0.4, -0.2) is 21.5 Å². The molecule has 0 radical (unpaired) electrons. The van der Waals surface area contributed by atoms with Gasteiger partial charge in [-0.15, -0.1) is 0 Å². The molecule has 18 heavy (non-hydrogen) atoms. The first-order valence-electron chi connectivity index (χ1n) is 5.59. The van der Waals surface area contributed by atoms with E-state index in [1.807, 2.05) is 0 Å². The minimum absolute atomic E-state index is 0.541. The molecule has 0 atom stereocenters. The molecular formula is C12H12ClIN4. The number of halogens is 2. The van der Waals surface area contributed by atoms with Crippen LogP contribution in [-0.2, 0) is 0 Å². The number of hydrogen-bond donors (Lipinski definition) is 1. The number of nitrogens with zero attached hydrogens (tertiary/aromatic N) is 3. The molecule has 0 amide bonds. The molecule has 0 saturated carbocycles. The Morgan fingerprint density at radius 1 is 1.39 bits per heavy atom. The van der Waals surface area contributed by atoms with Gasteiger partial charge in [-0.3, -0.25) is 4.98 Å². The maximum Gasteiger partial charge on any atom is 0.181 e. The number of aromatic nitrogens is 3. The highest BCUT2D eigenvalue weighted by molar-refractivity contribution is 14.1. The predicted octanol–water partition coefficient (Wildman–Crippen LogP) is 3.62. The summed E-state index contributed by atoms with van der Waals surface area (Å²) in [5, 5.41) is 3.82. The summed E-state index contributed by atoms with van der Waals surface area (Å²) < 4.78 is 0.983. The van der Waals surface area contributed by atoms with Gasteiger partial charge in [-0.1, -0.05) is 18.5 Å². The van der Waals surface area contributed by atoms with Gasteiger partial charge in [0.2, 0.25) is 0 Å². The van der Waals surface area contributed by atoms with E-state index in [2.05, 4.69) is 49.8 Å². The predicted molar refractivity (Wildman–Crippen MR) is 81.8 cm³/mol. The molecule has 0 aromatic carbocycles. The van der Waals surface area contributed by atoms with Crippen LogP contribution in [0.25, 0.3) is 11.5 Å². The normalized spacial score (nSPS) is 10.4. The molecular weight excluding hydrogens is 363 g/mol. The Hall–Kier alpha value is -0.950. The molecule has 2 heterocycles. The van der Waals surface area contributed by atoms with Gasteiger partial charge in [0.15, 0.2) is 5.82 Å². The van der Waals surface area contributed by atoms with Crippen LogP contribution < -0.4 is 5.32 Å². The molecule has 2 rings (SSSR count). The molecule has 0 bridgehead atoms. The first-order chi connectivity index (χ1) is 8.72. The van der Waals surface area contributed by atoms with Crippen LogP contribution in [0.4, 0.5) is 5.82 Å². The first-order valence-corrected chi connectivity index (χ1v) is 7.05. The van der Waals surface area contributed by atoms with Crippen molar-refractivity contribution in [1.82, 2.24) is 15.0 Å². The van der Waals surface area contributed by atoms with Crippen molar-refractivity contribution in [3.63, 3.8) is 0 Å². The topological polar surface area (TPSA) is 50.7 Å². The average Bonchev–Trinajstić information content (AvgIpc) is 2.39. The number of nitrogens with one attached hydrogen (secondary N) is 1. The second-order valence-corrected chi connectivity index (χ2v) is 5.22. The van der Waals surface area contributed by atoms with E-state index in [0.717, 1.165) is 22.4 Å². The van der Waals surface area contributed by atoms with E-state index < -0.39 is 0 Å². The third kappa shape index (κ3) is 3.08. The molecule has 0 fully saturated rings. The number of rotatable bonds is 4. The molecule has 1 N–H and O–H groups in total. The van der Waals surface area contributed by atoms with Crippen molar-refractivity contribution >= 4 is 40.0 Å². The Balaban J connectivity index is 2.38. The minimum atomic E-state index is 0.541. The Morgan fingerprint density at radius 3 is 2.94 bits per heavy atom. The van der Waals surface area contributed by atoms with Crippen LogP contribution in [0.15, 0.2) is 24.5 Å². The lowest BCUT2D eigenvalue weighted by Crippen LogP contribution is -2.06. The van der Waals surface area contributed by atoms with Crippen LogP contribution >= 0.6 is 34.2 Å². The van der Waals surface area contributed by atoms with Gasteiger partial charge < -0.3 is 5.32 Å². The summed E-state index contributed by atoms with van der Waals surface area (Å²) in [7, 11) is 0. The Kier molecular flexibility index (Phi) is 4.71. The van der Waals surface area contributed by atoms with E-state index in [4.69, 9.17) is 11.6 Å². The highest BCUT2D eigenvalue weighted by atomic mass is 127. The van der Waals surface area contributed by atoms with Gasteiger partial charge in [0.05, 0.1) is 8.59 Å². The monoisotopic (exact) mass is 374 g/mol. The van der Waals surface area contributed by atoms with E-state index in [1.165, 1.54) is 0 Å². The second kappa shape index (κ2) is 6.29. The number of hydrogen-bond acceptors (Lipinski definition) is 4. The highest BCUT2D eigenvalue weighted by Crippen LogP contribution is 2.24. The van der Waals surface area contributed by atoms with Crippen molar-refractivity contribution in [2.75, 3.05) is 11.9 Å². The van der Waals surface area contributed by atoms with Crippen molar-refractivity contribution in [3.8, 4) is 11.5 Å². The molecule has 0 spiro atoms. The summed E-state index contributed by atoms with van der Waals surface area (Å²) in [5.74, 6) is 1.36. The van der Waals surface area contributed by atoms with Crippen molar-refractivity contribution < 1.29 is 0 Å². The van der Waals surface area contributed by atoms with Gasteiger partial charge >= 0.3 is 0 Å². The molecule has 2 aromatic rings. The highest BCUT2D eigenvalue weighted by Gasteiger charge is 2.10. The summed E-state index contributed by atoms with van der Waals surface area (Å²) in [6.07, 6.45) is 4.49. The zero-order chi connectivity index (χ0) is 13.0. The maximum absolute atomic E-state index is 6.09. The zero-order valence-corrected chi connectivity index (χ0v) is 12.7. The third-order valence-electron chi connectivity index (χ3n) is 2.26. The molecule has 0 aliphatic rings. The van der Waals surface area contributed by atoms with Crippen LogP contribution in [0, 0.1) is 3.57 Å². The van der Waals surface area contributed by atoms with Crippen LogP contribution in [0.3, 0.4) is 0 Å². The molecule has 0 aliphatic carbocycles. The lowest BCUT2D eigenvalue weighted by atomic mass is 10.3. The molecule has 4 nitrogen and oxygen atoms in total. The summed E-state index contributed by atoms with van der Waals surface area (Å²) in [4.78, 5) is 12.9. The summed E-state index contributed by atoms with van der Waals surface area (Å²) in [6, 6.07) is 3.57. The van der Waals surface area contributed by atoms with Gasteiger partial charge in [0.1, 0.15) is 11.5 Å². The Morgan fingerprint density at radius 2 is 2.22 bits per heavy atom. The molecule has 0 aliphatic heterocycles. The molecule has 0 unspecified atom stereocenters. The quantitative estimate of drug-likeness (QED) is 0.831. The third-order valence-corrected chi connectivity index (χ3v) is 3.35. The van der Waals surface area contributed by atoms with Crippen LogP contribution in [0.1, 0.15) is 13.3 Å². The summed E-state index contributed by atoms with van der Waals surface area (Å²) in [5.41, 5.74) is 0.607. The van der Waals surface area contributed by atoms with E-state index in [-0.39, 0.29) is 0 Å². The van der Waals surface area contributed by atoms with Crippen LogP contribution in [0.5, 0.6) is 0 Å². The van der Waals surface area contributed by atoms with Crippen molar-refractivity contribution in [2.45, 2.75) is 13.3 Å². The average molecular weight is 375 g/mol. The maximum atomic E-state index is 6.09. The molecule has 6 heteroatoms. The van der Waals surface area contributed by atoms with Crippen molar-refractivity contribution in [1.29, 1.82) is 0 Å². The van der Waals surface area contributed by atoms with Crippen molar-refractivity contribution in [3.05, 3.63) is 33.1 Å². The largest absolute Gasteiger partial charge is 0.369 e. The Bertz CT molecular complexity index is 547. The van der Waals surface area contributed by atoms with Gasteiger partial charge in [0, 0.05) is 18.9 Å². The van der Waals surface area contributed by atoms with E-state index >= 15 is 0 Å². The van der Waals surface area contributed by atoms with Gasteiger partial charge in [0.25, 0.3) is 0 Å². The van der Waals surface area contributed by atoms with Gasteiger partial charge in [-0.05, 0) is 41.1 Å². The fourth-order valence-electron chi connectivity index (χ4n) is 1.40. The lowest BCUT2D eigenvalue weighted by Gasteiger charge is -2.08. The molecule has 2 aromatic heterocycles. The van der Waals surface area contributed by atoms with Gasteiger partial charge in [-0.2, -0.15) is 0 Å². The van der Waals surface area contributed by atoms with Gasteiger partial charge in [-0.25, -0.2) is 9.97 Å². The minimum Gasteiger partial charge on any atom is -0.369 e. The summed E-state index contributed by atoms with van der Waals surface area (Å²) >= 11 is 8.29. The standard InChI is InChI=1S/C12H12ClIN4/c1-2-5-16-11-9(14)7-17-12(18-11)10-8(13)4-3-6-15-10/h3-4,6-7H,2,5H2,1H3,(H,16,17,18). The molecule has 94 valence electrons. The van der Waals surface area contributed by atoms with Crippen LogP contribution in [0.2, 0.25) is 5.02 Å². The second-order valence-electron chi connectivity index (χ2n) is 3.65.